The predicted octanol–water partition coefficient (Wildman–Crippen LogP) is 3.40. The molecule has 1 aromatic heterocycles. The number of nitrogens with one attached hydrogen (secondary N) is 1. The second-order valence-electron chi connectivity index (χ2n) is 3.86. The smallest absolute Gasteiger partial charge is 0.130 e. The number of nitrogens with zero attached hydrogens (tertiary/aromatic N) is 2. The highest BCUT2D eigenvalue weighted by Crippen LogP contribution is 2.35. The van der Waals surface area contributed by atoms with Crippen LogP contribution < -0.4 is 5.32 Å². The summed E-state index contributed by atoms with van der Waals surface area (Å²) in [5.74, 6) is 0. The van der Waals surface area contributed by atoms with Crippen molar-refractivity contribution in [1.82, 2.24) is 9.59 Å². The zero-order chi connectivity index (χ0) is 11.0. The van der Waals surface area contributed by atoms with Gasteiger partial charge in [0.1, 0.15) is 5.00 Å². The van der Waals surface area contributed by atoms with Crippen molar-refractivity contribution in [3.05, 3.63) is 40.0 Å². The average molecular weight is 296 g/mol. The zero-order valence-electron chi connectivity index (χ0n) is 8.48. The highest BCUT2D eigenvalue weighted by molar-refractivity contribution is 9.10. The van der Waals surface area contributed by atoms with Crippen molar-refractivity contribution >= 4 is 32.5 Å². The van der Waals surface area contributed by atoms with Crippen molar-refractivity contribution in [2.75, 3.05) is 5.32 Å². The topological polar surface area (TPSA) is 37.8 Å². The van der Waals surface area contributed by atoms with Crippen LogP contribution in [0.25, 0.3) is 0 Å². The summed E-state index contributed by atoms with van der Waals surface area (Å²) in [5.41, 5.74) is 2.83. The van der Waals surface area contributed by atoms with Gasteiger partial charge in [-0.3, -0.25) is 0 Å². The summed E-state index contributed by atoms with van der Waals surface area (Å²) in [5, 5.41) is 8.35. The van der Waals surface area contributed by atoms with Gasteiger partial charge < -0.3 is 5.32 Å². The van der Waals surface area contributed by atoms with E-state index in [1.165, 1.54) is 22.7 Å². The molecule has 0 amide bonds. The fraction of sp³-hybridized carbons (Fsp3) is 0.273. The minimum Gasteiger partial charge on any atom is -0.368 e. The number of rotatable bonds is 2. The first-order valence-electron chi connectivity index (χ1n) is 5.15. The summed E-state index contributed by atoms with van der Waals surface area (Å²) in [4.78, 5) is 0. The summed E-state index contributed by atoms with van der Waals surface area (Å²) in [7, 11) is 0. The normalized spacial score (nSPS) is 18.4. The number of anilines is 1. The zero-order valence-corrected chi connectivity index (χ0v) is 10.9. The van der Waals surface area contributed by atoms with Gasteiger partial charge >= 0.3 is 0 Å². The fourth-order valence-corrected chi connectivity index (χ4v) is 3.02. The molecule has 1 heterocycles. The molecule has 1 unspecified atom stereocenters. The lowest BCUT2D eigenvalue weighted by Crippen LogP contribution is -2.05. The van der Waals surface area contributed by atoms with E-state index in [9.17, 15) is 0 Å². The highest BCUT2D eigenvalue weighted by atomic mass is 79.9. The van der Waals surface area contributed by atoms with Crippen molar-refractivity contribution in [1.29, 1.82) is 0 Å². The lowest BCUT2D eigenvalue weighted by atomic mass is 10.1. The van der Waals surface area contributed by atoms with E-state index in [1.807, 2.05) is 0 Å². The molecule has 3 nitrogen and oxygen atoms in total. The Hall–Kier alpha value is -0.940. The van der Waals surface area contributed by atoms with Gasteiger partial charge in [0.25, 0.3) is 0 Å². The van der Waals surface area contributed by atoms with Crippen LogP contribution >= 0.6 is 27.5 Å². The number of hydrogen-bond donors (Lipinski definition) is 1. The molecule has 0 saturated heterocycles. The lowest BCUT2D eigenvalue weighted by molar-refractivity contribution is 0.764. The van der Waals surface area contributed by atoms with E-state index in [4.69, 9.17) is 0 Å². The summed E-state index contributed by atoms with van der Waals surface area (Å²) in [6.07, 6.45) is 4.06. The molecule has 1 N–H and O–H groups in total. The lowest BCUT2D eigenvalue weighted by Gasteiger charge is -2.12. The molecule has 0 fully saturated rings. The van der Waals surface area contributed by atoms with E-state index in [0.717, 1.165) is 22.3 Å². The molecule has 16 heavy (non-hydrogen) atoms. The SMILES string of the molecule is Brc1ccc2c(c1)CCC2Nc1cnns1. The van der Waals surface area contributed by atoms with Crippen LogP contribution in [0.5, 0.6) is 0 Å². The average Bonchev–Trinajstić information content (AvgIpc) is 2.89. The van der Waals surface area contributed by atoms with Gasteiger partial charge in [-0.1, -0.05) is 26.5 Å². The van der Waals surface area contributed by atoms with Gasteiger partial charge in [0, 0.05) is 16.0 Å². The Bertz CT molecular complexity index is 498. The molecular formula is C11H10BrN3S. The molecule has 3 rings (SSSR count). The minimum absolute atomic E-state index is 0.408. The quantitative estimate of drug-likeness (QED) is 0.923. The second kappa shape index (κ2) is 4.14. The largest absolute Gasteiger partial charge is 0.368 e. The third-order valence-corrected chi connectivity index (χ3v) is 3.95. The van der Waals surface area contributed by atoms with E-state index in [-0.39, 0.29) is 0 Å². The third kappa shape index (κ3) is 1.85. The highest BCUT2D eigenvalue weighted by Gasteiger charge is 2.22. The van der Waals surface area contributed by atoms with E-state index in [0.29, 0.717) is 6.04 Å². The van der Waals surface area contributed by atoms with Crippen LogP contribution in [0.15, 0.2) is 28.9 Å². The Balaban J connectivity index is 1.86. The van der Waals surface area contributed by atoms with Crippen LogP contribution in [-0.4, -0.2) is 9.59 Å². The van der Waals surface area contributed by atoms with Gasteiger partial charge in [0.2, 0.25) is 0 Å². The third-order valence-electron chi connectivity index (χ3n) is 2.86. The number of benzene rings is 1. The Morgan fingerprint density at radius 1 is 1.44 bits per heavy atom. The maximum Gasteiger partial charge on any atom is 0.130 e. The molecule has 1 aliphatic carbocycles. The minimum atomic E-state index is 0.408. The molecule has 5 heteroatoms. The summed E-state index contributed by atoms with van der Waals surface area (Å²) >= 11 is 4.91. The molecule has 0 radical (unpaired) electrons. The van der Waals surface area contributed by atoms with Crippen LogP contribution in [0.3, 0.4) is 0 Å². The molecule has 0 saturated carbocycles. The Morgan fingerprint density at radius 3 is 3.19 bits per heavy atom. The van der Waals surface area contributed by atoms with E-state index in [1.54, 1.807) is 6.20 Å². The summed E-state index contributed by atoms with van der Waals surface area (Å²) < 4.78 is 5.01. The standard InChI is InChI=1S/C11H10BrN3S/c12-8-2-3-9-7(5-8)1-4-10(9)14-11-6-13-15-16-11/h2-3,5-6,10,14H,1,4H2. The maximum atomic E-state index is 3.86. The van der Waals surface area contributed by atoms with E-state index in [2.05, 4.69) is 49.0 Å². The van der Waals surface area contributed by atoms with Gasteiger partial charge in [-0.15, -0.1) is 5.10 Å². The first-order valence-corrected chi connectivity index (χ1v) is 6.72. The first-order chi connectivity index (χ1) is 7.83. The molecule has 0 bridgehead atoms. The van der Waals surface area contributed by atoms with Crippen LogP contribution in [0.1, 0.15) is 23.6 Å². The Morgan fingerprint density at radius 2 is 2.38 bits per heavy atom. The summed E-state index contributed by atoms with van der Waals surface area (Å²) in [6, 6.07) is 6.91. The molecule has 82 valence electrons. The fourth-order valence-electron chi connectivity index (χ4n) is 2.14. The van der Waals surface area contributed by atoms with Crippen LogP contribution in [0, 0.1) is 0 Å². The molecule has 2 aromatic rings. The van der Waals surface area contributed by atoms with E-state index >= 15 is 0 Å². The Labute approximate surface area is 106 Å². The van der Waals surface area contributed by atoms with Gasteiger partial charge in [0.15, 0.2) is 0 Å². The number of fused-ring (bicyclic) bond motifs is 1. The molecule has 1 aromatic carbocycles. The van der Waals surface area contributed by atoms with Gasteiger partial charge in [-0.2, -0.15) is 0 Å². The number of hydrogen-bond acceptors (Lipinski definition) is 4. The van der Waals surface area contributed by atoms with Crippen LogP contribution in [-0.2, 0) is 6.42 Å². The predicted molar refractivity (Wildman–Crippen MR) is 68.7 cm³/mol. The van der Waals surface area contributed by atoms with Gasteiger partial charge in [-0.25, -0.2) is 0 Å². The number of halogens is 1. The van der Waals surface area contributed by atoms with E-state index < -0.39 is 0 Å². The molecule has 1 aliphatic rings. The van der Waals surface area contributed by atoms with Crippen molar-refractivity contribution in [3.8, 4) is 0 Å². The maximum absolute atomic E-state index is 3.86. The summed E-state index contributed by atoms with van der Waals surface area (Å²) in [6.45, 7) is 0. The van der Waals surface area contributed by atoms with Crippen molar-refractivity contribution in [3.63, 3.8) is 0 Å². The van der Waals surface area contributed by atoms with Crippen molar-refractivity contribution in [2.45, 2.75) is 18.9 Å². The monoisotopic (exact) mass is 295 g/mol. The Kier molecular flexibility index (Phi) is 2.65. The van der Waals surface area contributed by atoms with Gasteiger partial charge in [-0.05, 0) is 36.1 Å². The van der Waals surface area contributed by atoms with Crippen molar-refractivity contribution < 1.29 is 0 Å². The number of aromatic nitrogens is 2. The molecule has 0 aliphatic heterocycles. The molecule has 0 spiro atoms. The van der Waals surface area contributed by atoms with Crippen LogP contribution in [0.4, 0.5) is 5.00 Å². The first kappa shape index (κ1) is 10.2. The molecule has 1 atom stereocenters. The second-order valence-corrected chi connectivity index (χ2v) is 5.56. The van der Waals surface area contributed by atoms with Crippen molar-refractivity contribution in [2.24, 2.45) is 0 Å². The number of aryl methyl sites for hydroxylation is 1. The van der Waals surface area contributed by atoms with Gasteiger partial charge in [0.05, 0.1) is 12.2 Å². The van der Waals surface area contributed by atoms with Crippen LogP contribution in [0.2, 0.25) is 0 Å². The molecular weight excluding hydrogens is 286 g/mol.